The van der Waals surface area contributed by atoms with Gasteiger partial charge in [-0.15, -0.1) is 0 Å². The van der Waals surface area contributed by atoms with Crippen LogP contribution in [0.15, 0.2) is 45.5 Å². The number of hydrogen-bond donors (Lipinski definition) is 2. The number of aromatic nitrogens is 2. The number of carbonyl (C=O) groups excluding carboxylic acids is 1. The highest BCUT2D eigenvalue weighted by Crippen LogP contribution is 2.44. The maximum Gasteiger partial charge on any atom is 0.257 e. The minimum Gasteiger partial charge on any atom is -0.497 e. The highest BCUT2D eigenvalue weighted by Gasteiger charge is 2.38. The van der Waals surface area contributed by atoms with Crippen molar-refractivity contribution >= 4 is 23.4 Å². The molecule has 2 heterocycles. The van der Waals surface area contributed by atoms with Gasteiger partial charge < -0.3 is 15.0 Å². The number of nitrogens with zero attached hydrogens (tertiary/aromatic N) is 1. The molecule has 0 radical (unpaired) electrons. The molecule has 0 fully saturated rings. The smallest absolute Gasteiger partial charge is 0.257 e. The third-order valence-corrected chi connectivity index (χ3v) is 6.70. The molecular weight excluding hydrogens is 386 g/mol. The van der Waals surface area contributed by atoms with Crippen LogP contribution in [0, 0.1) is 0 Å². The van der Waals surface area contributed by atoms with E-state index in [-0.39, 0.29) is 11.3 Å². The van der Waals surface area contributed by atoms with Gasteiger partial charge in [0.25, 0.3) is 5.56 Å². The van der Waals surface area contributed by atoms with Gasteiger partial charge in [0.2, 0.25) is 0 Å². The van der Waals surface area contributed by atoms with Crippen molar-refractivity contribution in [2.45, 2.75) is 55.9 Å². The number of nitrogens with one attached hydrogen (secondary N) is 2. The number of fused-ring (bicyclic) bond motifs is 1. The predicted molar refractivity (Wildman–Crippen MR) is 115 cm³/mol. The molecule has 29 heavy (non-hydrogen) atoms. The molecule has 4 rings (SSSR count). The number of H-pyrrole nitrogens is 1. The lowest BCUT2D eigenvalue weighted by atomic mass is 9.76. The van der Waals surface area contributed by atoms with Crippen LogP contribution in [0.1, 0.15) is 56.6 Å². The maximum atomic E-state index is 13.2. The van der Waals surface area contributed by atoms with Crippen LogP contribution in [0.4, 0.5) is 5.82 Å². The summed E-state index contributed by atoms with van der Waals surface area (Å²) in [5.41, 5.74) is 2.74. The second-order valence-corrected chi connectivity index (χ2v) is 8.90. The second kappa shape index (κ2) is 8.06. The van der Waals surface area contributed by atoms with E-state index < -0.39 is 5.92 Å². The van der Waals surface area contributed by atoms with E-state index in [1.165, 1.54) is 0 Å². The first-order valence-electron chi connectivity index (χ1n) is 9.99. The molecule has 0 unspecified atom stereocenters. The van der Waals surface area contributed by atoms with Crippen molar-refractivity contribution in [1.82, 2.24) is 9.97 Å². The Hall–Kier alpha value is -2.54. The van der Waals surface area contributed by atoms with Gasteiger partial charge in [-0.05, 0) is 37.0 Å². The molecule has 1 aromatic carbocycles. The summed E-state index contributed by atoms with van der Waals surface area (Å²) in [7, 11) is 1.61. The molecule has 1 aliphatic carbocycles. The molecular formula is C22H25N3O3S. The summed E-state index contributed by atoms with van der Waals surface area (Å²) in [5, 5.41) is 4.26. The van der Waals surface area contributed by atoms with E-state index in [1.54, 1.807) is 18.9 Å². The molecule has 2 aliphatic rings. The summed E-state index contributed by atoms with van der Waals surface area (Å²) in [6, 6.07) is 7.58. The van der Waals surface area contributed by atoms with Crippen molar-refractivity contribution in [3.05, 3.63) is 57.0 Å². The summed E-state index contributed by atoms with van der Waals surface area (Å²) in [6.45, 7) is 4.22. The number of Topliss-reactive ketones (excluding diaryl/α,β-unsaturated/α-hetero) is 1. The average molecular weight is 412 g/mol. The van der Waals surface area contributed by atoms with Gasteiger partial charge in [0.15, 0.2) is 10.9 Å². The first-order chi connectivity index (χ1) is 14.0. The van der Waals surface area contributed by atoms with Crippen LogP contribution in [-0.4, -0.2) is 28.1 Å². The highest BCUT2D eigenvalue weighted by molar-refractivity contribution is 7.99. The topological polar surface area (TPSA) is 84.1 Å². The number of allylic oxidation sites excluding steroid dienone is 2. The Morgan fingerprint density at radius 3 is 2.90 bits per heavy atom. The van der Waals surface area contributed by atoms with Crippen LogP contribution in [0.2, 0.25) is 0 Å². The fourth-order valence-electron chi connectivity index (χ4n) is 3.92. The van der Waals surface area contributed by atoms with E-state index in [0.717, 1.165) is 30.5 Å². The van der Waals surface area contributed by atoms with Gasteiger partial charge in [-0.25, -0.2) is 4.98 Å². The molecule has 7 heteroatoms. The number of hydrogen-bond acceptors (Lipinski definition) is 6. The molecule has 6 nitrogen and oxygen atoms in total. The minimum atomic E-state index is -0.442. The van der Waals surface area contributed by atoms with Crippen LogP contribution < -0.4 is 15.6 Å². The standard InChI is InChI=1S/C22H25N3O3S/c1-4-12(2)29-22-24-20-19(21(27)25-22)17(13-7-5-8-14(11-13)28-3)18-15(23-20)9-6-10-16(18)26/h5,7-8,11-12,17H,4,6,9-10H2,1-3H3,(H2,23,24,25,27)/t12-,17-/m0/s1. The van der Waals surface area contributed by atoms with Crippen molar-refractivity contribution in [3.63, 3.8) is 0 Å². The number of aromatic amines is 1. The molecule has 0 bridgehead atoms. The van der Waals surface area contributed by atoms with Gasteiger partial charge in [0.05, 0.1) is 12.7 Å². The number of anilines is 1. The summed E-state index contributed by atoms with van der Waals surface area (Å²) in [6.07, 6.45) is 3.07. The number of benzene rings is 1. The minimum absolute atomic E-state index is 0.0923. The van der Waals surface area contributed by atoms with E-state index in [1.807, 2.05) is 24.3 Å². The van der Waals surface area contributed by atoms with E-state index in [0.29, 0.717) is 39.5 Å². The van der Waals surface area contributed by atoms with Crippen LogP contribution in [0.3, 0.4) is 0 Å². The number of carbonyl (C=O) groups is 1. The molecule has 1 aliphatic heterocycles. The van der Waals surface area contributed by atoms with Gasteiger partial charge in [0, 0.05) is 28.9 Å². The zero-order chi connectivity index (χ0) is 20.5. The van der Waals surface area contributed by atoms with E-state index >= 15 is 0 Å². The lowest BCUT2D eigenvalue weighted by Crippen LogP contribution is -2.32. The third-order valence-electron chi connectivity index (χ3n) is 5.55. The van der Waals surface area contributed by atoms with Crippen molar-refractivity contribution in [2.24, 2.45) is 0 Å². The Labute approximate surface area is 174 Å². The summed E-state index contributed by atoms with van der Waals surface area (Å²) in [4.78, 5) is 33.7. The number of ketones is 1. The van der Waals surface area contributed by atoms with Gasteiger partial charge in [-0.3, -0.25) is 9.59 Å². The molecule has 0 spiro atoms. The quantitative estimate of drug-likeness (QED) is 0.566. The van der Waals surface area contributed by atoms with Gasteiger partial charge in [0.1, 0.15) is 11.6 Å². The number of ether oxygens (including phenoxy) is 1. The second-order valence-electron chi connectivity index (χ2n) is 7.47. The fourth-order valence-corrected chi connectivity index (χ4v) is 4.77. The van der Waals surface area contributed by atoms with Crippen LogP contribution in [-0.2, 0) is 4.79 Å². The predicted octanol–water partition coefficient (Wildman–Crippen LogP) is 4.23. The van der Waals surface area contributed by atoms with Gasteiger partial charge in [-0.2, -0.15) is 0 Å². The first kappa shape index (κ1) is 19.8. The number of rotatable bonds is 5. The molecule has 1 aromatic heterocycles. The fraction of sp³-hybridized carbons (Fsp3) is 0.409. The Balaban J connectivity index is 1.89. The number of methoxy groups -OCH3 is 1. The van der Waals surface area contributed by atoms with E-state index in [9.17, 15) is 9.59 Å². The SMILES string of the molecule is CC[C@H](C)Sc1nc2c(c(=O)[nH]1)[C@@H](c1cccc(OC)c1)C1=C(CCCC1=O)N2. The Morgan fingerprint density at radius 2 is 2.14 bits per heavy atom. The van der Waals surface area contributed by atoms with Gasteiger partial charge in [-0.1, -0.05) is 37.7 Å². The zero-order valence-corrected chi connectivity index (χ0v) is 17.7. The lowest BCUT2D eigenvalue weighted by Gasteiger charge is -2.33. The van der Waals surface area contributed by atoms with Crippen molar-refractivity contribution in [1.29, 1.82) is 0 Å². The molecule has 0 amide bonds. The zero-order valence-electron chi connectivity index (χ0n) is 16.9. The summed E-state index contributed by atoms with van der Waals surface area (Å²) >= 11 is 1.55. The summed E-state index contributed by atoms with van der Waals surface area (Å²) in [5.74, 6) is 0.903. The third kappa shape index (κ3) is 3.71. The summed E-state index contributed by atoms with van der Waals surface area (Å²) < 4.78 is 5.38. The van der Waals surface area contributed by atoms with E-state index in [2.05, 4.69) is 24.1 Å². The van der Waals surface area contributed by atoms with Gasteiger partial charge >= 0.3 is 0 Å². The first-order valence-corrected chi connectivity index (χ1v) is 10.9. The lowest BCUT2D eigenvalue weighted by molar-refractivity contribution is -0.116. The molecule has 0 saturated heterocycles. The number of thioether (sulfide) groups is 1. The van der Waals surface area contributed by atoms with Crippen LogP contribution in [0.5, 0.6) is 5.75 Å². The Morgan fingerprint density at radius 1 is 1.31 bits per heavy atom. The molecule has 2 N–H and O–H groups in total. The molecule has 0 saturated carbocycles. The highest BCUT2D eigenvalue weighted by atomic mass is 32.2. The largest absolute Gasteiger partial charge is 0.497 e. The monoisotopic (exact) mass is 411 g/mol. The van der Waals surface area contributed by atoms with E-state index in [4.69, 9.17) is 9.72 Å². The van der Waals surface area contributed by atoms with Crippen molar-refractivity contribution in [3.8, 4) is 5.75 Å². The normalized spacial score (nSPS) is 19.3. The van der Waals surface area contributed by atoms with Crippen LogP contribution in [0.25, 0.3) is 0 Å². The van der Waals surface area contributed by atoms with Crippen LogP contribution >= 0.6 is 11.8 Å². The molecule has 2 atom stereocenters. The molecule has 2 aromatic rings. The molecule has 152 valence electrons. The maximum absolute atomic E-state index is 13.2. The van der Waals surface area contributed by atoms with Crippen molar-refractivity contribution in [2.75, 3.05) is 12.4 Å². The Bertz CT molecular complexity index is 1040. The average Bonchev–Trinajstić information content (AvgIpc) is 2.72. The van der Waals surface area contributed by atoms with Crippen molar-refractivity contribution < 1.29 is 9.53 Å². The Kier molecular flexibility index (Phi) is 5.50.